The summed E-state index contributed by atoms with van der Waals surface area (Å²) in [4.78, 5) is 8.34. The van der Waals surface area contributed by atoms with Gasteiger partial charge in [-0.2, -0.15) is 4.98 Å². The van der Waals surface area contributed by atoms with Gasteiger partial charge in [-0.25, -0.2) is 0 Å². The number of phenols is 1. The molecule has 0 saturated carbocycles. The van der Waals surface area contributed by atoms with Crippen molar-refractivity contribution < 1.29 is 9.63 Å². The van der Waals surface area contributed by atoms with Gasteiger partial charge in [0.2, 0.25) is 0 Å². The summed E-state index contributed by atoms with van der Waals surface area (Å²) in [5, 5.41) is 13.7. The van der Waals surface area contributed by atoms with Crippen molar-refractivity contribution in [3.8, 4) is 17.2 Å². The maximum Gasteiger partial charge on any atom is 0.258 e. The number of hydrogen-bond donors (Lipinski definition) is 1. The summed E-state index contributed by atoms with van der Waals surface area (Å²) in [7, 11) is 0. The average molecular weight is 267 g/mol. The van der Waals surface area contributed by atoms with E-state index in [1.165, 1.54) is 0 Å². The fourth-order valence-corrected chi connectivity index (χ4v) is 1.97. The highest BCUT2D eigenvalue weighted by Gasteiger charge is 2.13. The first-order valence-corrected chi connectivity index (χ1v) is 6.24. The topological polar surface area (TPSA) is 72.0 Å². The molecule has 1 N–H and O–H groups in total. The van der Waals surface area contributed by atoms with Gasteiger partial charge < -0.3 is 9.63 Å². The molecule has 2 aromatic heterocycles. The average Bonchev–Trinajstić information content (AvgIpc) is 2.91. The lowest BCUT2D eigenvalue weighted by Gasteiger charge is -2.01. The summed E-state index contributed by atoms with van der Waals surface area (Å²) in [6.07, 6.45) is 4.05. The Bertz CT molecular complexity index is 723. The maximum absolute atomic E-state index is 9.71. The fourth-order valence-electron chi connectivity index (χ4n) is 1.97. The van der Waals surface area contributed by atoms with Crippen LogP contribution in [0.5, 0.6) is 5.75 Å². The minimum atomic E-state index is 0.219. The summed E-state index contributed by atoms with van der Waals surface area (Å²) in [6, 6.07) is 9.06. The summed E-state index contributed by atoms with van der Waals surface area (Å²) in [5.41, 5.74) is 2.55. The number of hydrogen-bond acceptors (Lipinski definition) is 5. The lowest BCUT2D eigenvalue weighted by atomic mass is 10.1. The molecule has 0 bridgehead atoms. The SMILES string of the molecule is Cc1c(O)cccc1-c1nc(Cc2ccncc2)no1. The lowest BCUT2D eigenvalue weighted by Crippen LogP contribution is -1.91. The van der Waals surface area contributed by atoms with Gasteiger partial charge in [0.15, 0.2) is 5.82 Å². The van der Waals surface area contributed by atoms with E-state index in [0.717, 1.165) is 16.7 Å². The van der Waals surface area contributed by atoms with Crippen LogP contribution in [0.2, 0.25) is 0 Å². The van der Waals surface area contributed by atoms with Gasteiger partial charge in [0, 0.05) is 29.9 Å². The van der Waals surface area contributed by atoms with E-state index < -0.39 is 0 Å². The van der Waals surface area contributed by atoms with Crippen molar-refractivity contribution in [3.63, 3.8) is 0 Å². The van der Waals surface area contributed by atoms with Crippen LogP contribution in [0, 0.1) is 6.92 Å². The third-order valence-corrected chi connectivity index (χ3v) is 3.12. The van der Waals surface area contributed by atoms with Gasteiger partial charge in [-0.3, -0.25) is 4.98 Å². The molecular weight excluding hydrogens is 254 g/mol. The predicted molar refractivity (Wildman–Crippen MR) is 73.2 cm³/mol. The minimum absolute atomic E-state index is 0.219. The van der Waals surface area contributed by atoms with Crippen LogP contribution in [-0.2, 0) is 6.42 Å². The number of nitrogens with zero attached hydrogens (tertiary/aromatic N) is 3. The van der Waals surface area contributed by atoms with Crippen molar-refractivity contribution in [3.05, 3.63) is 59.7 Å². The van der Waals surface area contributed by atoms with Crippen LogP contribution in [0.25, 0.3) is 11.5 Å². The number of rotatable bonds is 3. The molecule has 0 aliphatic carbocycles. The molecule has 0 atom stereocenters. The van der Waals surface area contributed by atoms with Gasteiger partial charge in [-0.05, 0) is 36.8 Å². The Kier molecular flexibility index (Phi) is 3.16. The van der Waals surface area contributed by atoms with Crippen LogP contribution in [0.4, 0.5) is 0 Å². The third kappa shape index (κ3) is 2.38. The zero-order valence-electron chi connectivity index (χ0n) is 10.9. The van der Waals surface area contributed by atoms with E-state index in [1.54, 1.807) is 24.5 Å². The predicted octanol–water partition coefficient (Wildman–Crippen LogP) is 2.74. The second kappa shape index (κ2) is 5.13. The fraction of sp³-hybridized carbons (Fsp3) is 0.133. The molecule has 0 unspecified atom stereocenters. The molecule has 0 fully saturated rings. The number of benzene rings is 1. The number of pyridine rings is 1. The van der Waals surface area contributed by atoms with E-state index in [9.17, 15) is 5.11 Å². The first kappa shape index (κ1) is 12.3. The van der Waals surface area contributed by atoms with E-state index in [-0.39, 0.29) is 5.75 Å². The standard InChI is InChI=1S/C15H13N3O2/c1-10-12(3-2-4-13(10)19)15-17-14(18-20-15)9-11-5-7-16-8-6-11/h2-8,19H,9H2,1H3. The molecular formula is C15H13N3O2. The number of aromatic hydroxyl groups is 1. The molecule has 3 rings (SSSR count). The largest absolute Gasteiger partial charge is 0.508 e. The van der Waals surface area contributed by atoms with Gasteiger partial charge >= 0.3 is 0 Å². The van der Waals surface area contributed by atoms with Gasteiger partial charge in [-0.15, -0.1) is 0 Å². The second-order valence-electron chi connectivity index (χ2n) is 4.50. The number of phenolic OH excluding ortho intramolecular Hbond substituents is 1. The number of aromatic nitrogens is 3. The Morgan fingerprint density at radius 1 is 1.15 bits per heavy atom. The molecule has 5 nitrogen and oxygen atoms in total. The summed E-state index contributed by atoms with van der Waals surface area (Å²) < 4.78 is 5.27. The highest BCUT2D eigenvalue weighted by Crippen LogP contribution is 2.27. The molecule has 3 aromatic rings. The Hall–Kier alpha value is -2.69. The van der Waals surface area contributed by atoms with Crippen molar-refractivity contribution in [2.45, 2.75) is 13.3 Å². The van der Waals surface area contributed by atoms with Gasteiger partial charge in [0.05, 0.1) is 0 Å². The molecule has 0 spiro atoms. The molecule has 100 valence electrons. The van der Waals surface area contributed by atoms with Crippen LogP contribution < -0.4 is 0 Å². The van der Waals surface area contributed by atoms with Gasteiger partial charge in [0.25, 0.3) is 5.89 Å². The zero-order valence-corrected chi connectivity index (χ0v) is 10.9. The summed E-state index contributed by atoms with van der Waals surface area (Å²) in [6.45, 7) is 1.82. The van der Waals surface area contributed by atoms with Crippen molar-refractivity contribution in [2.24, 2.45) is 0 Å². The molecule has 5 heteroatoms. The van der Waals surface area contributed by atoms with E-state index in [1.807, 2.05) is 25.1 Å². The van der Waals surface area contributed by atoms with E-state index in [2.05, 4.69) is 15.1 Å². The lowest BCUT2D eigenvalue weighted by molar-refractivity contribution is 0.422. The van der Waals surface area contributed by atoms with E-state index in [0.29, 0.717) is 18.1 Å². The first-order valence-electron chi connectivity index (χ1n) is 6.24. The first-order chi connectivity index (χ1) is 9.74. The van der Waals surface area contributed by atoms with Crippen LogP contribution >= 0.6 is 0 Å². The summed E-state index contributed by atoms with van der Waals surface area (Å²) >= 11 is 0. The van der Waals surface area contributed by atoms with Crippen LogP contribution in [0.1, 0.15) is 17.0 Å². The molecule has 0 radical (unpaired) electrons. The quantitative estimate of drug-likeness (QED) is 0.790. The smallest absolute Gasteiger partial charge is 0.258 e. The normalized spacial score (nSPS) is 10.7. The van der Waals surface area contributed by atoms with Crippen LogP contribution in [0.3, 0.4) is 0 Å². The van der Waals surface area contributed by atoms with E-state index >= 15 is 0 Å². The second-order valence-corrected chi connectivity index (χ2v) is 4.50. The molecule has 1 aromatic carbocycles. The molecule has 0 aliphatic heterocycles. The monoisotopic (exact) mass is 267 g/mol. The minimum Gasteiger partial charge on any atom is -0.508 e. The van der Waals surface area contributed by atoms with Crippen LogP contribution in [-0.4, -0.2) is 20.2 Å². The molecule has 20 heavy (non-hydrogen) atoms. The molecule has 0 saturated heterocycles. The molecule has 0 aliphatic rings. The Morgan fingerprint density at radius 3 is 2.75 bits per heavy atom. The van der Waals surface area contributed by atoms with Gasteiger partial charge in [0.1, 0.15) is 5.75 Å². The van der Waals surface area contributed by atoms with Crippen molar-refractivity contribution >= 4 is 0 Å². The Balaban J connectivity index is 1.89. The molecule has 2 heterocycles. The summed E-state index contributed by atoms with van der Waals surface area (Å²) in [5.74, 6) is 1.24. The zero-order chi connectivity index (χ0) is 13.9. The van der Waals surface area contributed by atoms with Gasteiger partial charge in [-0.1, -0.05) is 11.2 Å². The highest BCUT2D eigenvalue weighted by atomic mass is 16.5. The van der Waals surface area contributed by atoms with Crippen molar-refractivity contribution in [1.29, 1.82) is 0 Å². The Labute approximate surface area is 115 Å². The third-order valence-electron chi connectivity index (χ3n) is 3.12. The van der Waals surface area contributed by atoms with Crippen molar-refractivity contribution in [2.75, 3.05) is 0 Å². The molecule has 0 amide bonds. The Morgan fingerprint density at radius 2 is 1.95 bits per heavy atom. The highest BCUT2D eigenvalue weighted by molar-refractivity contribution is 5.61. The van der Waals surface area contributed by atoms with Crippen LogP contribution in [0.15, 0.2) is 47.2 Å². The maximum atomic E-state index is 9.71. The van der Waals surface area contributed by atoms with Crippen molar-refractivity contribution in [1.82, 2.24) is 15.1 Å². The van der Waals surface area contributed by atoms with E-state index in [4.69, 9.17) is 4.52 Å².